The molecule has 1 aromatic heterocycles. The number of hydrogen-bond donors (Lipinski definition) is 1. The van der Waals surface area contributed by atoms with Gasteiger partial charge in [0.25, 0.3) is 0 Å². The summed E-state index contributed by atoms with van der Waals surface area (Å²) in [5.41, 5.74) is 6.74. The lowest BCUT2D eigenvalue weighted by molar-refractivity contribution is 0.589. The summed E-state index contributed by atoms with van der Waals surface area (Å²) in [6.45, 7) is 1.86. The number of hydrogen-bond acceptors (Lipinski definition) is 6. The van der Waals surface area contributed by atoms with Gasteiger partial charge < -0.3 is 5.73 Å². The molecule has 5 nitrogen and oxygen atoms in total. The Hall–Kier alpha value is -0.530. The first-order chi connectivity index (χ1) is 6.90. The van der Waals surface area contributed by atoms with Gasteiger partial charge in [-0.1, -0.05) is 4.49 Å². The highest BCUT2D eigenvalue weighted by atomic mass is 32.2. The van der Waals surface area contributed by atoms with Crippen molar-refractivity contribution in [3.63, 3.8) is 0 Å². The van der Waals surface area contributed by atoms with E-state index in [2.05, 4.69) is 9.59 Å². The van der Waals surface area contributed by atoms with Crippen LogP contribution in [0.4, 0.5) is 0 Å². The Morgan fingerprint density at radius 2 is 2.20 bits per heavy atom. The van der Waals surface area contributed by atoms with Crippen molar-refractivity contribution in [2.45, 2.75) is 25.8 Å². The highest BCUT2D eigenvalue weighted by molar-refractivity contribution is 7.90. The topological polar surface area (TPSA) is 85.9 Å². The van der Waals surface area contributed by atoms with Crippen LogP contribution in [0.5, 0.6) is 0 Å². The average molecular weight is 249 g/mol. The largest absolute Gasteiger partial charge is 0.323 e. The Bertz CT molecular complexity index is 413. The molecule has 1 unspecified atom stereocenters. The van der Waals surface area contributed by atoms with Crippen LogP contribution in [-0.4, -0.2) is 30.0 Å². The highest BCUT2D eigenvalue weighted by Crippen LogP contribution is 2.21. The fourth-order valence-corrected chi connectivity index (χ4v) is 2.64. The molecule has 0 radical (unpaired) electrons. The zero-order valence-corrected chi connectivity index (χ0v) is 10.4. The minimum Gasteiger partial charge on any atom is -0.323 e. The number of aryl methyl sites for hydroxylation is 1. The van der Waals surface area contributed by atoms with Crippen LogP contribution in [0.3, 0.4) is 0 Å². The molecule has 0 aliphatic heterocycles. The molecular formula is C8H15N3O2S2. The molecule has 0 aromatic carbocycles. The fraction of sp³-hybridized carbons (Fsp3) is 0.750. The molecule has 0 aliphatic carbocycles. The molecule has 1 atom stereocenters. The molecule has 0 spiro atoms. The summed E-state index contributed by atoms with van der Waals surface area (Å²) in [6.07, 6.45) is 2.47. The molecular weight excluding hydrogens is 234 g/mol. The van der Waals surface area contributed by atoms with E-state index in [4.69, 9.17) is 5.73 Å². The van der Waals surface area contributed by atoms with Gasteiger partial charge in [-0.25, -0.2) is 8.42 Å². The Kier molecular flexibility index (Phi) is 4.18. The second-order valence-corrected chi connectivity index (χ2v) is 6.65. The van der Waals surface area contributed by atoms with E-state index in [0.717, 1.165) is 10.6 Å². The van der Waals surface area contributed by atoms with Crippen LogP contribution in [0.1, 0.15) is 29.5 Å². The highest BCUT2D eigenvalue weighted by Gasteiger charge is 2.13. The van der Waals surface area contributed by atoms with Crippen LogP contribution in [0, 0.1) is 6.92 Å². The summed E-state index contributed by atoms with van der Waals surface area (Å²) >= 11 is 1.28. The van der Waals surface area contributed by atoms with Crippen molar-refractivity contribution in [3.8, 4) is 0 Å². The minimum atomic E-state index is -2.88. The maximum absolute atomic E-state index is 10.9. The van der Waals surface area contributed by atoms with Crippen LogP contribution in [0.25, 0.3) is 0 Å². The molecule has 0 amide bonds. The Morgan fingerprint density at radius 3 is 2.67 bits per heavy atom. The van der Waals surface area contributed by atoms with Gasteiger partial charge in [-0.05, 0) is 31.3 Å². The second-order valence-electron chi connectivity index (χ2n) is 3.60. The van der Waals surface area contributed by atoms with Crippen molar-refractivity contribution in [1.82, 2.24) is 9.59 Å². The Morgan fingerprint density at radius 1 is 1.53 bits per heavy atom. The number of sulfone groups is 1. The molecule has 15 heavy (non-hydrogen) atoms. The van der Waals surface area contributed by atoms with Gasteiger partial charge in [0.1, 0.15) is 9.84 Å². The minimum absolute atomic E-state index is 0.147. The number of rotatable bonds is 5. The molecule has 0 aliphatic rings. The Labute approximate surface area is 93.8 Å². The van der Waals surface area contributed by atoms with Crippen molar-refractivity contribution < 1.29 is 8.42 Å². The quantitative estimate of drug-likeness (QED) is 0.829. The molecule has 0 saturated carbocycles. The van der Waals surface area contributed by atoms with Gasteiger partial charge in [0.2, 0.25) is 0 Å². The summed E-state index contributed by atoms with van der Waals surface area (Å²) in [5.74, 6) is 0.186. The van der Waals surface area contributed by atoms with E-state index in [1.54, 1.807) is 0 Å². The van der Waals surface area contributed by atoms with Crippen LogP contribution >= 0.6 is 11.5 Å². The van der Waals surface area contributed by atoms with Crippen molar-refractivity contribution in [2.24, 2.45) is 5.73 Å². The van der Waals surface area contributed by atoms with Gasteiger partial charge in [-0.15, -0.1) is 5.10 Å². The van der Waals surface area contributed by atoms with E-state index >= 15 is 0 Å². The van der Waals surface area contributed by atoms with E-state index in [9.17, 15) is 8.42 Å². The van der Waals surface area contributed by atoms with E-state index < -0.39 is 9.84 Å². The van der Waals surface area contributed by atoms with Crippen molar-refractivity contribution in [3.05, 3.63) is 10.6 Å². The summed E-state index contributed by atoms with van der Waals surface area (Å²) in [6, 6.07) is -0.147. The van der Waals surface area contributed by atoms with Crippen LogP contribution in [0.2, 0.25) is 0 Å². The SMILES string of the molecule is Cc1nnsc1C(N)CCCS(C)(=O)=O. The van der Waals surface area contributed by atoms with Crippen molar-refractivity contribution >= 4 is 21.4 Å². The summed E-state index contributed by atoms with van der Waals surface area (Å²) in [7, 11) is -2.88. The summed E-state index contributed by atoms with van der Waals surface area (Å²) < 4.78 is 25.6. The zero-order chi connectivity index (χ0) is 11.5. The standard InChI is InChI=1S/C8H15N3O2S2/c1-6-8(14-11-10-6)7(9)4-3-5-15(2,12)13/h7H,3-5,9H2,1-2H3. The first-order valence-corrected chi connectivity index (χ1v) is 7.45. The molecule has 0 saturated heterocycles. The summed E-state index contributed by atoms with van der Waals surface area (Å²) in [4.78, 5) is 0.948. The third-order valence-electron chi connectivity index (χ3n) is 2.05. The van der Waals surface area contributed by atoms with Crippen LogP contribution < -0.4 is 5.73 Å². The van der Waals surface area contributed by atoms with E-state index in [1.807, 2.05) is 6.92 Å². The predicted octanol–water partition coefficient (Wildman–Crippen LogP) is 0.671. The molecule has 1 aromatic rings. The van der Waals surface area contributed by atoms with Gasteiger partial charge >= 0.3 is 0 Å². The number of nitrogens with two attached hydrogens (primary N) is 1. The third-order valence-corrected chi connectivity index (χ3v) is 4.04. The molecule has 0 bridgehead atoms. The Balaban J connectivity index is 2.44. The second kappa shape index (κ2) is 5.00. The predicted molar refractivity (Wildman–Crippen MR) is 60.5 cm³/mol. The zero-order valence-electron chi connectivity index (χ0n) is 8.80. The lowest BCUT2D eigenvalue weighted by Crippen LogP contribution is -2.12. The van der Waals surface area contributed by atoms with E-state index in [0.29, 0.717) is 12.8 Å². The first kappa shape index (κ1) is 12.5. The third kappa shape index (κ3) is 4.23. The lowest BCUT2D eigenvalue weighted by atomic mass is 10.1. The molecule has 2 N–H and O–H groups in total. The van der Waals surface area contributed by atoms with E-state index in [1.165, 1.54) is 17.8 Å². The van der Waals surface area contributed by atoms with Gasteiger partial charge in [0.05, 0.1) is 10.6 Å². The average Bonchev–Trinajstić information content (AvgIpc) is 2.48. The molecule has 0 fully saturated rings. The van der Waals surface area contributed by atoms with Gasteiger partial charge in [0.15, 0.2) is 0 Å². The maximum atomic E-state index is 10.9. The molecule has 86 valence electrons. The monoisotopic (exact) mass is 249 g/mol. The number of nitrogens with zero attached hydrogens (tertiary/aromatic N) is 2. The van der Waals surface area contributed by atoms with Gasteiger partial charge in [-0.2, -0.15) is 0 Å². The maximum Gasteiger partial charge on any atom is 0.147 e. The van der Waals surface area contributed by atoms with Gasteiger partial charge in [0, 0.05) is 18.1 Å². The lowest BCUT2D eigenvalue weighted by Gasteiger charge is -2.08. The van der Waals surface area contributed by atoms with Crippen LogP contribution in [-0.2, 0) is 9.84 Å². The van der Waals surface area contributed by atoms with Crippen molar-refractivity contribution in [2.75, 3.05) is 12.0 Å². The smallest absolute Gasteiger partial charge is 0.147 e. The van der Waals surface area contributed by atoms with Gasteiger partial charge in [-0.3, -0.25) is 0 Å². The van der Waals surface area contributed by atoms with Crippen LogP contribution in [0.15, 0.2) is 0 Å². The molecule has 1 heterocycles. The summed E-state index contributed by atoms with van der Waals surface area (Å²) in [5, 5.41) is 3.86. The van der Waals surface area contributed by atoms with Crippen molar-refractivity contribution in [1.29, 1.82) is 0 Å². The normalized spacial score (nSPS) is 14.1. The molecule has 1 rings (SSSR count). The fourth-order valence-electron chi connectivity index (χ4n) is 1.27. The first-order valence-electron chi connectivity index (χ1n) is 4.62. The molecule has 7 heteroatoms. The number of aromatic nitrogens is 2. The van der Waals surface area contributed by atoms with E-state index in [-0.39, 0.29) is 11.8 Å².